The SMILES string of the molecule is [CH-]=C(C)C=C(C)C.[Fe]. The van der Waals surface area contributed by atoms with Crippen molar-refractivity contribution in [1.29, 1.82) is 0 Å². The van der Waals surface area contributed by atoms with Crippen LogP contribution in [0.3, 0.4) is 0 Å². The summed E-state index contributed by atoms with van der Waals surface area (Å²) in [7, 11) is 0. The molecule has 0 saturated carbocycles. The molecule has 0 aromatic rings. The molecule has 0 aromatic heterocycles. The first kappa shape index (κ1) is 10.9. The van der Waals surface area contributed by atoms with E-state index in [1.54, 1.807) is 0 Å². The Morgan fingerprint density at radius 1 is 1.25 bits per heavy atom. The maximum Gasteiger partial charge on any atom is 0 e. The van der Waals surface area contributed by atoms with E-state index in [4.69, 9.17) is 6.58 Å². The quantitative estimate of drug-likeness (QED) is 0.306. The van der Waals surface area contributed by atoms with E-state index < -0.39 is 0 Å². The minimum absolute atomic E-state index is 0. The molecule has 0 nitrogen and oxygen atoms in total. The van der Waals surface area contributed by atoms with E-state index in [9.17, 15) is 0 Å². The molecule has 0 aliphatic rings. The Hall–Kier alpha value is -0.000519. The molecule has 0 unspecified atom stereocenters. The third-order valence-corrected chi connectivity index (χ3v) is 0.516. The van der Waals surface area contributed by atoms with Gasteiger partial charge in [-0.3, -0.25) is 6.58 Å². The molecular formula is C7H11Fe-. The summed E-state index contributed by atoms with van der Waals surface area (Å²) < 4.78 is 0. The van der Waals surface area contributed by atoms with Gasteiger partial charge in [-0.2, -0.15) is 5.57 Å². The molecule has 0 saturated heterocycles. The van der Waals surface area contributed by atoms with Gasteiger partial charge in [-0.05, 0) is 0 Å². The number of hydrogen-bond donors (Lipinski definition) is 0. The van der Waals surface area contributed by atoms with Gasteiger partial charge in [0.05, 0.1) is 0 Å². The van der Waals surface area contributed by atoms with Gasteiger partial charge in [0.25, 0.3) is 0 Å². The van der Waals surface area contributed by atoms with Crippen LogP contribution in [0.4, 0.5) is 0 Å². The molecule has 0 amide bonds. The Morgan fingerprint density at radius 3 is 1.62 bits per heavy atom. The summed E-state index contributed by atoms with van der Waals surface area (Å²) in [4.78, 5) is 0. The number of rotatable bonds is 1. The van der Waals surface area contributed by atoms with Crippen molar-refractivity contribution in [3.05, 3.63) is 23.8 Å². The molecule has 0 aliphatic carbocycles. The molecule has 0 radical (unpaired) electrons. The first-order chi connectivity index (χ1) is 3.13. The van der Waals surface area contributed by atoms with Crippen LogP contribution in [0.15, 0.2) is 17.2 Å². The van der Waals surface area contributed by atoms with Gasteiger partial charge in [-0.15, -0.1) is 0 Å². The van der Waals surface area contributed by atoms with Crippen LogP contribution in [0.25, 0.3) is 0 Å². The van der Waals surface area contributed by atoms with Crippen LogP contribution in [-0.2, 0) is 17.1 Å². The van der Waals surface area contributed by atoms with E-state index in [1.165, 1.54) is 5.57 Å². The van der Waals surface area contributed by atoms with Gasteiger partial charge in [0.15, 0.2) is 0 Å². The van der Waals surface area contributed by atoms with Crippen LogP contribution in [0.5, 0.6) is 0 Å². The van der Waals surface area contributed by atoms with Crippen molar-refractivity contribution >= 4 is 0 Å². The molecular weight excluding hydrogens is 140 g/mol. The molecule has 0 fully saturated rings. The zero-order valence-corrected chi connectivity index (χ0v) is 6.61. The Bertz CT molecular complexity index is 97.0. The second kappa shape index (κ2) is 5.14. The van der Waals surface area contributed by atoms with Gasteiger partial charge in [-0.25, -0.2) is 11.6 Å². The molecule has 0 bridgehead atoms. The first-order valence-electron chi connectivity index (χ1n) is 2.37. The fourth-order valence-electron chi connectivity index (χ4n) is 0.455. The molecule has 1 heteroatoms. The Morgan fingerprint density at radius 2 is 1.62 bits per heavy atom. The van der Waals surface area contributed by atoms with Gasteiger partial charge in [0.1, 0.15) is 0 Å². The van der Waals surface area contributed by atoms with E-state index >= 15 is 0 Å². The molecule has 0 N–H and O–H groups in total. The van der Waals surface area contributed by atoms with Gasteiger partial charge >= 0.3 is 0 Å². The monoisotopic (exact) mass is 151 g/mol. The number of allylic oxidation sites excluding steroid dienone is 3. The summed E-state index contributed by atoms with van der Waals surface area (Å²) in [6, 6.07) is 0. The van der Waals surface area contributed by atoms with E-state index in [2.05, 4.69) is 0 Å². The summed E-state index contributed by atoms with van der Waals surface area (Å²) in [6.07, 6.45) is 1.94. The molecule has 0 rings (SSSR count). The second-order valence-electron chi connectivity index (χ2n) is 1.97. The molecule has 0 aromatic carbocycles. The Kier molecular flexibility index (Phi) is 7.00. The van der Waals surface area contributed by atoms with Crippen molar-refractivity contribution < 1.29 is 17.1 Å². The van der Waals surface area contributed by atoms with Gasteiger partial charge < -0.3 is 0 Å². The molecule has 48 valence electrons. The van der Waals surface area contributed by atoms with Crippen molar-refractivity contribution in [2.24, 2.45) is 0 Å². The second-order valence-corrected chi connectivity index (χ2v) is 1.97. The maximum atomic E-state index is 5.33. The fraction of sp³-hybridized carbons (Fsp3) is 0.429. The van der Waals surface area contributed by atoms with E-state index in [0.717, 1.165) is 5.57 Å². The zero-order valence-electron chi connectivity index (χ0n) is 5.51. The van der Waals surface area contributed by atoms with Crippen LogP contribution in [-0.4, -0.2) is 0 Å². The van der Waals surface area contributed by atoms with Crippen LogP contribution in [0.1, 0.15) is 20.8 Å². The Balaban J connectivity index is 0. The summed E-state index contributed by atoms with van der Waals surface area (Å²) in [6.45, 7) is 11.3. The average Bonchev–Trinajstić information content (AvgIpc) is 1.27. The predicted octanol–water partition coefficient (Wildman–Crippen LogP) is 2.33. The average molecular weight is 151 g/mol. The zero-order chi connectivity index (χ0) is 5.86. The topological polar surface area (TPSA) is 0 Å². The molecule has 0 atom stereocenters. The standard InChI is InChI=1S/C7H11.Fe/c1-6(2)5-7(3)4;/h1,5H,2-4H3;/q-1;. The van der Waals surface area contributed by atoms with Crippen LogP contribution in [0.2, 0.25) is 0 Å². The summed E-state index contributed by atoms with van der Waals surface area (Å²) in [5.74, 6) is 0. The van der Waals surface area contributed by atoms with E-state index in [0.29, 0.717) is 0 Å². The minimum Gasteiger partial charge on any atom is -0.290 e. The summed E-state index contributed by atoms with van der Waals surface area (Å²) in [5, 5.41) is 0. The summed E-state index contributed by atoms with van der Waals surface area (Å²) >= 11 is 0. The molecule has 0 heterocycles. The largest absolute Gasteiger partial charge is 0.290 e. The molecule has 0 aliphatic heterocycles. The third-order valence-electron chi connectivity index (χ3n) is 0.516. The first-order valence-corrected chi connectivity index (χ1v) is 2.37. The van der Waals surface area contributed by atoms with E-state index in [-0.39, 0.29) is 17.1 Å². The smallest absolute Gasteiger partial charge is 0 e. The maximum absolute atomic E-state index is 5.33. The van der Waals surface area contributed by atoms with Crippen molar-refractivity contribution in [2.45, 2.75) is 20.8 Å². The molecule has 8 heavy (non-hydrogen) atoms. The van der Waals surface area contributed by atoms with Crippen molar-refractivity contribution in [1.82, 2.24) is 0 Å². The van der Waals surface area contributed by atoms with Gasteiger partial charge in [0, 0.05) is 17.1 Å². The Labute approximate surface area is 62.1 Å². The van der Waals surface area contributed by atoms with Gasteiger partial charge in [0.2, 0.25) is 0 Å². The van der Waals surface area contributed by atoms with Crippen molar-refractivity contribution in [3.63, 3.8) is 0 Å². The van der Waals surface area contributed by atoms with Crippen LogP contribution in [0, 0.1) is 6.58 Å². The van der Waals surface area contributed by atoms with Crippen LogP contribution >= 0.6 is 0 Å². The van der Waals surface area contributed by atoms with Crippen molar-refractivity contribution in [2.75, 3.05) is 0 Å². The van der Waals surface area contributed by atoms with Crippen molar-refractivity contribution in [3.8, 4) is 0 Å². The van der Waals surface area contributed by atoms with Gasteiger partial charge in [-0.1, -0.05) is 20.8 Å². The fourth-order valence-corrected chi connectivity index (χ4v) is 0.455. The molecule has 0 spiro atoms. The summed E-state index contributed by atoms with van der Waals surface area (Å²) in [5.41, 5.74) is 2.13. The van der Waals surface area contributed by atoms with E-state index in [1.807, 2.05) is 26.8 Å². The normalized spacial score (nSPS) is 6.88. The van der Waals surface area contributed by atoms with Crippen LogP contribution < -0.4 is 0 Å². The predicted molar refractivity (Wildman–Crippen MR) is 32.9 cm³/mol. The number of hydrogen-bond acceptors (Lipinski definition) is 0. The third kappa shape index (κ3) is 9.37. The minimum atomic E-state index is 0.